The predicted octanol–water partition coefficient (Wildman–Crippen LogP) is 7.27. The van der Waals surface area contributed by atoms with E-state index >= 15 is 0 Å². The largest absolute Gasteiger partial charge is 0.416 e. The molecule has 210 valence electrons. The Hall–Kier alpha value is -2.82. The molecule has 2 atom stereocenters. The molecule has 4 nitrogen and oxygen atoms in total. The third kappa shape index (κ3) is 6.78. The minimum atomic E-state index is -4.98. The number of aryl methyl sites for hydroxylation is 1. The first kappa shape index (κ1) is 29.7. The van der Waals surface area contributed by atoms with Gasteiger partial charge in [-0.15, -0.1) is 0 Å². The molecule has 11 heteroatoms. The maximum Gasteiger partial charge on any atom is 0.416 e. The summed E-state index contributed by atoms with van der Waals surface area (Å²) in [5, 5.41) is 0. The Balaban J connectivity index is 1.92. The van der Waals surface area contributed by atoms with E-state index in [-0.39, 0.29) is 17.7 Å². The number of benzene rings is 2. The lowest BCUT2D eigenvalue weighted by molar-refractivity contribution is -0.143. The minimum Gasteiger partial charge on any atom is -0.323 e. The van der Waals surface area contributed by atoms with Crippen molar-refractivity contribution in [3.05, 3.63) is 70.0 Å². The van der Waals surface area contributed by atoms with Gasteiger partial charge < -0.3 is 14.7 Å². The molecular formula is C27H32F7N3O. The predicted molar refractivity (Wildman–Crippen MR) is 130 cm³/mol. The molecule has 2 amide bonds. The van der Waals surface area contributed by atoms with Crippen molar-refractivity contribution in [3.63, 3.8) is 0 Å². The number of carbonyl (C=O) groups is 1. The Kier molecular flexibility index (Phi) is 9.00. The molecule has 0 aromatic heterocycles. The van der Waals surface area contributed by atoms with Crippen molar-refractivity contribution in [2.75, 3.05) is 26.7 Å². The lowest BCUT2D eigenvalue weighted by atomic mass is 9.88. The van der Waals surface area contributed by atoms with Crippen molar-refractivity contribution in [1.82, 2.24) is 14.7 Å². The monoisotopic (exact) mass is 547 g/mol. The van der Waals surface area contributed by atoms with Crippen LogP contribution in [-0.4, -0.2) is 53.5 Å². The summed E-state index contributed by atoms with van der Waals surface area (Å²) in [6.45, 7) is 7.32. The number of rotatable bonds is 6. The van der Waals surface area contributed by atoms with E-state index in [1.165, 1.54) is 19.2 Å². The van der Waals surface area contributed by atoms with E-state index in [4.69, 9.17) is 0 Å². The third-order valence-electron chi connectivity index (χ3n) is 7.13. The van der Waals surface area contributed by atoms with E-state index in [1.807, 2.05) is 13.8 Å². The second-order valence-corrected chi connectivity index (χ2v) is 9.66. The molecule has 1 heterocycles. The van der Waals surface area contributed by atoms with Crippen LogP contribution >= 0.6 is 0 Å². The van der Waals surface area contributed by atoms with Gasteiger partial charge in [-0.1, -0.05) is 19.9 Å². The molecule has 0 radical (unpaired) electrons. The summed E-state index contributed by atoms with van der Waals surface area (Å²) in [6.07, 6.45) is -8.73. The van der Waals surface area contributed by atoms with Gasteiger partial charge in [-0.3, -0.25) is 0 Å². The Morgan fingerprint density at radius 3 is 2.05 bits per heavy atom. The zero-order valence-electron chi connectivity index (χ0n) is 21.8. The van der Waals surface area contributed by atoms with Gasteiger partial charge in [0, 0.05) is 26.2 Å². The number of likely N-dealkylation sites (tertiary alicyclic amines) is 1. The van der Waals surface area contributed by atoms with Crippen LogP contribution in [0.3, 0.4) is 0 Å². The summed E-state index contributed by atoms with van der Waals surface area (Å²) < 4.78 is 93.6. The molecule has 2 aromatic carbocycles. The molecule has 0 N–H and O–H groups in total. The average molecular weight is 548 g/mol. The standard InChI is InChI=1S/C27H32F7N3O/c1-5-36(6-2)22-9-10-37(24(15-22)23-8-7-21(28)11-17(23)3)25(38)35(4)16-18-12-19(26(29,30)31)14-20(13-18)27(32,33)34/h7-8,11-14,22,24H,5-6,9-10,15-16H2,1-4H3/t22-,24+/m1/s1. The zero-order valence-corrected chi connectivity index (χ0v) is 21.8. The molecule has 3 rings (SSSR count). The van der Waals surface area contributed by atoms with Gasteiger partial charge >= 0.3 is 18.4 Å². The maximum absolute atomic E-state index is 13.8. The van der Waals surface area contributed by atoms with Crippen LogP contribution < -0.4 is 0 Å². The number of urea groups is 1. The van der Waals surface area contributed by atoms with Gasteiger partial charge in [0.1, 0.15) is 5.82 Å². The van der Waals surface area contributed by atoms with Crippen molar-refractivity contribution >= 4 is 6.03 Å². The SMILES string of the molecule is CCN(CC)[C@@H]1CCN(C(=O)N(C)Cc2cc(C(F)(F)F)cc(C(F)(F)F)c2)[C@H](c2ccc(F)cc2C)C1. The number of carbonyl (C=O) groups excluding carboxylic acids is 1. The van der Waals surface area contributed by atoms with E-state index in [0.717, 1.165) is 23.6 Å². The number of nitrogens with zero attached hydrogens (tertiary/aromatic N) is 3. The summed E-state index contributed by atoms with van der Waals surface area (Å²) in [5.41, 5.74) is -1.73. The lowest BCUT2D eigenvalue weighted by Crippen LogP contribution is -2.51. The minimum absolute atomic E-state index is 0.0661. The molecule has 0 spiro atoms. The molecule has 38 heavy (non-hydrogen) atoms. The Morgan fingerprint density at radius 2 is 1.55 bits per heavy atom. The zero-order chi connectivity index (χ0) is 28.4. The smallest absolute Gasteiger partial charge is 0.323 e. The normalized spacial score (nSPS) is 18.7. The molecule has 0 unspecified atom stereocenters. The quantitative estimate of drug-likeness (QED) is 0.356. The van der Waals surface area contributed by atoms with Gasteiger partial charge in [0.15, 0.2) is 0 Å². The molecule has 0 aliphatic carbocycles. The molecular weight excluding hydrogens is 515 g/mol. The van der Waals surface area contributed by atoms with E-state index in [2.05, 4.69) is 4.90 Å². The first-order valence-electron chi connectivity index (χ1n) is 12.5. The third-order valence-corrected chi connectivity index (χ3v) is 7.13. The highest BCUT2D eigenvalue weighted by atomic mass is 19.4. The topological polar surface area (TPSA) is 26.8 Å². The number of alkyl halides is 6. The number of amides is 2. The van der Waals surface area contributed by atoms with Gasteiger partial charge in [0.2, 0.25) is 0 Å². The van der Waals surface area contributed by atoms with Gasteiger partial charge in [-0.25, -0.2) is 9.18 Å². The van der Waals surface area contributed by atoms with E-state index < -0.39 is 47.9 Å². The fourth-order valence-corrected chi connectivity index (χ4v) is 5.23. The van der Waals surface area contributed by atoms with E-state index in [9.17, 15) is 35.5 Å². The highest BCUT2D eigenvalue weighted by Gasteiger charge is 2.38. The van der Waals surface area contributed by atoms with E-state index in [0.29, 0.717) is 37.1 Å². The van der Waals surface area contributed by atoms with Crippen molar-refractivity contribution in [1.29, 1.82) is 0 Å². The summed E-state index contributed by atoms with van der Waals surface area (Å²) in [5.74, 6) is -0.414. The van der Waals surface area contributed by atoms with Gasteiger partial charge in [0.05, 0.1) is 17.2 Å². The molecule has 1 saturated heterocycles. The molecule has 0 saturated carbocycles. The van der Waals surface area contributed by atoms with Gasteiger partial charge in [-0.05, 0) is 79.9 Å². The van der Waals surface area contributed by atoms with Gasteiger partial charge in [0.25, 0.3) is 0 Å². The van der Waals surface area contributed by atoms with E-state index in [1.54, 1.807) is 17.9 Å². The summed E-state index contributed by atoms with van der Waals surface area (Å²) in [4.78, 5) is 18.5. The summed E-state index contributed by atoms with van der Waals surface area (Å²) in [7, 11) is 1.35. The maximum atomic E-state index is 13.8. The first-order valence-corrected chi connectivity index (χ1v) is 12.5. The second kappa shape index (κ2) is 11.5. The van der Waals surface area contributed by atoms with Crippen LogP contribution in [0, 0.1) is 12.7 Å². The van der Waals surface area contributed by atoms with Crippen LogP contribution in [-0.2, 0) is 18.9 Å². The number of piperidine rings is 1. The van der Waals surface area contributed by atoms with Crippen LogP contribution in [0.5, 0.6) is 0 Å². The first-order chi connectivity index (χ1) is 17.6. The lowest BCUT2D eigenvalue weighted by Gasteiger charge is -2.44. The van der Waals surface area contributed by atoms with Crippen LogP contribution in [0.25, 0.3) is 0 Å². The molecule has 1 aliphatic heterocycles. The Labute approximate surface area is 218 Å². The van der Waals surface area contributed by atoms with Crippen molar-refractivity contribution in [2.45, 2.75) is 64.6 Å². The Bertz CT molecular complexity index is 1100. The summed E-state index contributed by atoms with van der Waals surface area (Å²) >= 11 is 0. The van der Waals surface area contributed by atoms with Crippen LogP contribution in [0.4, 0.5) is 35.5 Å². The molecule has 1 aliphatic rings. The summed E-state index contributed by atoms with van der Waals surface area (Å²) in [6, 6.07) is 4.85. The molecule has 2 aromatic rings. The Morgan fingerprint density at radius 1 is 0.974 bits per heavy atom. The van der Waals surface area contributed by atoms with Crippen molar-refractivity contribution < 1.29 is 35.5 Å². The fraction of sp³-hybridized carbons (Fsp3) is 0.519. The fourth-order valence-electron chi connectivity index (χ4n) is 5.23. The van der Waals surface area contributed by atoms with Crippen molar-refractivity contribution in [2.24, 2.45) is 0 Å². The highest BCUT2D eigenvalue weighted by molar-refractivity contribution is 5.75. The molecule has 0 bridgehead atoms. The number of hydrogen-bond acceptors (Lipinski definition) is 2. The van der Waals surface area contributed by atoms with Gasteiger partial charge in [-0.2, -0.15) is 26.3 Å². The molecule has 1 fully saturated rings. The van der Waals surface area contributed by atoms with Crippen LogP contribution in [0.1, 0.15) is 60.5 Å². The highest BCUT2D eigenvalue weighted by Crippen LogP contribution is 2.38. The number of halogens is 7. The van der Waals surface area contributed by atoms with Crippen LogP contribution in [0.2, 0.25) is 0 Å². The number of hydrogen-bond donors (Lipinski definition) is 0. The average Bonchev–Trinajstić information content (AvgIpc) is 2.83. The van der Waals surface area contributed by atoms with Crippen molar-refractivity contribution in [3.8, 4) is 0 Å². The second-order valence-electron chi connectivity index (χ2n) is 9.66. The van der Waals surface area contributed by atoms with Crippen LogP contribution in [0.15, 0.2) is 36.4 Å².